The van der Waals surface area contributed by atoms with E-state index in [1.54, 1.807) is 18.2 Å². The van der Waals surface area contributed by atoms with Gasteiger partial charge in [-0.25, -0.2) is 0 Å². The highest BCUT2D eigenvalue weighted by Crippen LogP contribution is 2.18. The van der Waals surface area contributed by atoms with E-state index in [-0.39, 0.29) is 11.6 Å². The molecular formula is C20H18N4O4S. The first-order chi connectivity index (χ1) is 14.0. The number of carbonyl (C=O) groups is 1. The van der Waals surface area contributed by atoms with Crippen molar-refractivity contribution in [2.45, 2.75) is 13.3 Å². The predicted octanol–water partition coefficient (Wildman–Crippen LogP) is 4.03. The first kappa shape index (κ1) is 20.2. The maximum atomic E-state index is 12.0. The first-order valence-corrected chi connectivity index (χ1v) is 9.56. The van der Waals surface area contributed by atoms with Gasteiger partial charge in [0, 0.05) is 24.6 Å². The fourth-order valence-corrected chi connectivity index (χ4v) is 3.12. The van der Waals surface area contributed by atoms with Crippen molar-refractivity contribution >= 4 is 34.1 Å². The van der Waals surface area contributed by atoms with Crippen LogP contribution in [0.15, 0.2) is 54.6 Å². The second-order valence-corrected chi connectivity index (χ2v) is 7.15. The highest BCUT2D eigenvalue weighted by molar-refractivity contribution is 7.15. The minimum absolute atomic E-state index is 0.000584. The normalized spacial score (nSPS) is 10.8. The molecule has 0 saturated carbocycles. The summed E-state index contributed by atoms with van der Waals surface area (Å²) in [6.45, 7) is 2.47. The van der Waals surface area contributed by atoms with Crippen molar-refractivity contribution in [1.29, 1.82) is 0 Å². The van der Waals surface area contributed by atoms with Crippen LogP contribution in [0.2, 0.25) is 0 Å². The zero-order valence-corrected chi connectivity index (χ0v) is 16.4. The number of benzene rings is 2. The number of carbonyl (C=O) groups excluding carboxylic acids is 1. The van der Waals surface area contributed by atoms with Crippen LogP contribution in [-0.4, -0.2) is 27.6 Å². The van der Waals surface area contributed by atoms with Gasteiger partial charge in [-0.3, -0.25) is 20.2 Å². The summed E-state index contributed by atoms with van der Waals surface area (Å²) in [6.07, 6.45) is 3.49. The Morgan fingerprint density at radius 2 is 2.03 bits per heavy atom. The molecule has 9 heteroatoms. The third-order valence-electron chi connectivity index (χ3n) is 3.80. The van der Waals surface area contributed by atoms with E-state index in [1.807, 2.05) is 31.2 Å². The molecule has 0 aliphatic heterocycles. The van der Waals surface area contributed by atoms with Crippen LogP contribution in [0.4, 0.5) is 10.8 Å². The lowest BCUT2D eigenvalue weighted by Gasteiger charge is -2.04. The topological polar surface area (TPSA) is 107 Å². The predicted molar refractivity (Wildman–Crippen MR) is 111 cm³/mol. The van der Waals surface area contributed by atoms with Gasteiger partial charge in [0.25, 0.3) is 5.69 Å². The van der Waals surface area contributed by atoms with Gasteiger partial charge >= 0.3 is 0 Å². The molecule has 0 fully saturated rings. The van der Waals surface area contributed by atoms with Crippen molar-refractivity contribution in [2.24, 2.45) is 0 Å². The van der Waals surface area contributed by atoms with Crippen LogP contribution in [-0.2, 0) is 11.2 Å². The molecule has 3 aromatic rings. The maximum Gasteiger partial charge on any atom is 0.269 e. The number of non-ortho nitro benzene ring substituents is 1. The van der Waals surface area contributed by atoms with Crippen LogP contribution < -0.4 is 10.1 Å². The van der Waals surface area contributed by atoms with Gasteiger partial charge in [0.05, 0.1) is 11.5 Å². The van der Waals surface area contributed by atoms with Crippen LogP contribution in [0, 0.1) is 17.0 Å². The van der Waals surface area contributed by atoms with E-state index in [1.165, 1.54) is 29.5 Å². The van der Waals surface area contributed by atoms with E-state index in [4.69, 9.17) is 4.74 Å². The van der Waals surface area contributed by atoms with Crippen molar-refractivity contribution in [2.75, 3.05) is 11.9 Å². The van der Waals surface area contributed by atoms with Crippen molar-refractivity contribution in [3.05, 3.63) is 80.9 Å². The molecule has 29 heavy (non-hydrogen) atoms. The van der Waals surface area contributed by atoms with Gasteiger partial charge < -0.3 is 4.74 Å². The van der Waals surface area contributed by atoms with Gasteiger partial charge in [-0.15, -0.1) is 10.2 Å². The SMILES string of the molecule is Cc1cccc(OCCc2nnc(NC(=O)/C=C/c3ccc([N+](=O)[O-])cc3)s2)c1. The quantitative estimate of drug-likeness (QED) is 0.341. The molecule has 0 saturated heterocycles. The third-order valence-corrected chi connectivity index (χ3v) is 4.70. The Morgan fingerprint density at radius 1 is 1.24 bits per heavy atom. The van der Waals surface area contributed by atoms with Gasteiger partial charge in [-0.05, 0) is 48.4 Å². The Morgan fingerprint density at radius 3 is 2.76 bits per heavy atom. The monoisotopic (exact) mass is 410 g/mol. The Balaban J connectivity index is 1.47. The maximum absolute atomic E-state index is 12.0. The zero-order valence-electron chi connectivity index (χ0n) is 15.6. The van der Waals surface area contributed by atoms with Crippen LogP contribution in [0.1, 0.15) is 16.1 Å². The lowest BCUT2D eigenvalue weighted by atomic mass is 10.2. The Kier molecular flexibility index (Phi) is 6.64. The number of aromatic nitrogens is 2. The summed E-state index contributed by atoms with van der Waals surface area (Å²) in [6, 6.07) is 13.7. The average Bonchev–Trinajstić information content (AvgIpc) is 3.14. The molecule has 1 aromatic heterocycles. The molecule has 1 amide bonds. The Hall–Kier alpha value is -3.59. The number of amides is 1. The summed E-state index contributed by atoms with van der Waals surface area (Å²) in [5.74, 6) is 0.446. The molecule has 0 aliphatic rings. The number of rotatable bonds is 8. The number of aryl methyl sites for hydroxylation is 1. The molecule has 1 N–H and O–H groups in total. The molecule has 3 rings (SSSR count). The standard InChI is InChI=1S/C20H18N4O4S/c1-14-3-2-4-17(13-14)28-12-11-19-22-23-20(29-19)21-18(25)10-7-15-5-8-16(9-6-15)24(26)27/h2-10,13H,11-12H2,1H3,(H,21,23,25)/b10-7+. The van der Waals surface area contributed by atoms with Gasteiger partial charge in [-0.1, -0.05) is 23.5 Å². The average molecular weight is 410 g/mol. The van der Waals surface area contributed by atoms with Crippen LogP contribution in [0.5, 0.6) is 5.75 Å². The smallest absolute Gasteiger partial charge is 0.269 e. The van der Waals surface area contributed by atoms with E-state index in [0.717, 1.165) is 16.3 Å². The van der Waals surface area contributed by atoms with E-state index < -0.39 is 4.92 Å². The summed E-state index contributed by atoms with van der Waals surface area (Å²) in [7, 11) is 0. The molecule has 0 unspecified atom stereocenters. The molecule has 1 heterocycles. The molecule has 0 atom stereocenters. The van der Waals surface area contributed by atoms with E-state index >= 15 is 0 Å². The summed E-state index contributed by atoms with van der Waals surface area (Å²) in [5, 5.41) is 22.4. The second kappa shape index (κ2) is 9.56. The number of nitrogens with one attached hydrogen (secondary N) is 1. The third kappa shape index (κ3) is 6.22. The minimum atomic E-state index is -0.473. The second-order valence-electron chi connectivity index (χ2n) is 6.09. The first-order valence-electron chi connectivity index (χ1n) is 8.75. The van der Waals surface area contributed by atoms with Crippen molar-refractivity contribution in [1.82, 2.24) is 10.2 Å². The fraction of sp³-hybridized carbons (Fsp3) is 0.150. The Bertz CT molecular complexity index is 1030. The molecule has 0 radical (unpaired) electrons. The van der Waals surface area contributed by atoms with Crippen molar-refractivity contribution in [3.8, 4) is 5.75 Å². The fourth-order valence-electron chi connectivity index (χ4n) is 2.39. The molecular weight excluding hydrogens is 392 g/mol. The Labute approximate surface area is 171 Å². The molecule has 0 bridgehead atoms. The van der Waals surface area contributed by atoms with Gasteiger partial charge in [0.2, 0.25) is 11.0 Å². The largest absolute Gasteiger partial charge is 0.493 e. The highest BCUT2D eigenvalue weighted by Gasteiger charge is 2.07. The summed E-state index contributed by atoms with van der Waals surface area (Å²) in [4.78, 5) is 22.2. The van der Waals surface area contributed by atoms with Crippen molar-refractivity contribution < 1.29 is 14.5 Å². The van der Waals surface area contributed by atoms with Crippen LogP contribution in [0.3, 0.4) is 0 Å². The number of nitrogens with zero attached hydrogens (tertiary/aromatic N) is 3. The van der Waals surface area contributed by atoms with Gasteiger partial charge in [0.1, 0.15) is 10.8 Å². The van der Waals surface area contributed by atoms with E-state index in [9.17, 15) is 14.9 Å². The number of hydrogen-bond donors (Lipinski definition) is 1. The van der Waals surface area contributed by atoms with Crippen LogP contribution in [0.25, 0.3) is 6.08 Å². The number of ether oxygens (including phenoxy) is 1. The van der Waals surface area contributed by atoms with Crippen LogP contribution >= 0.6 is 11.3 Å². The minimum Gasteiger partial charge on any atom is -0.493 e. The summed E-state index contributed by atoms with van der Waals surface area (Å²) >= 11 is 1.28. The van der Waals surface area contributed by atoms with Gasteiger partial charge in [-0.2, -0.15) is 0 Å². The number of hydrogen-bond acceptors (Lipinski definition) is 7. The number of anilines is 1. The lowest BCUT2D eigenvalue weighted by molar-refractivity contribution is -0.384. The number of nitro groups is 1. The van der Waals surface area contributed by atoms with E-state index in [2.05, 4.69) is 15.5 Å². The number of nitro benzene ring substituents is 1. The molecule has 0 aliphatic carbocycles. The zero-order chi connectivity index (χ0) is 20.6. The molecule has 2 aromatic carbocycles. The van der Waals surface area contributed by atoms with Gasteiger partial charge in [0.15, 0.2) is 0 Å². The lowest BCUT2D eigenvalue weighted by Crippen LogP contribution is -2.07. The summed E-state index contributed by atoms with van der Waals surface area (Å²) in [5.41, 5.74) is 1.81. The van der Waals surface area contributed by atoms with Crippen molar-refractivity contribution in [3.63, 3.8) is 0 Å². The van der Waals surface area contributed by atoms with E-state index in [0.29, 0.717) is 23.7 Å². The molecule has 148 valence electrons. The summed E-state index contributed by atoms with van der Waals surface area (Å²) < 4.78 is 5.69. The molecule has 0 spiro atoms. The highest BCUT2D eigenvalue weighted by atomic mass is 32.1. The molecule has 8 nitrogen and oxygen atoms in total.